The van der Waals surface area contributed by atoms with Gasteiger partial charge in [-0.05, 0) is 25.0 Å². The van der Waals surface area contributed by atoms with Crippen molar-refractivity contribution in [2.45, 2.75) is 24.8 Å². The first-order valence-corrected chi connectivity index (χ1v) is 7.57. The molecule has 0 aliphatic carbocycles. The Hall–Kier alpha value is -2.08. The maximum atomic E-state index is 11.6. The van der Waals surface area contributed by atoms with Gasteiger partial charge in [0.15, 0.2) is 5.16 Å². The Balaban J connectivity index is 2.07. The lowest BCUT2D eigenvalue weighted by molar-refractivity contribution is 0.0526. The molecule has 1 heterocycles. The topological polar surface area (TPSA) is 78.1 Å². The molecule has 0 amide bonds. The number of nitrogens with zero attached hydrogens (tertiary/aromatic N) is 2. The first kappa shape index (κ1) is 15.3. The molecule has 2 N–H and O–H groups in total. The molecule has 1 aromatic carbocycles. The molecule has 0 unspecified atom stereocenters. The summed E-state index contributed by atoms with van der Waals surface area (Å²) in [5.74, 6) is 0.409. The fraction of sp³-hybridized carbons (Fsp3) is 0.267. The van der Waals surface area contributed by atoms with Crippen molar-refractivity contribution in [3.8, 4) is 0 Å². The fourth-order valence-electron chi connectivity index (χ4n) is 1.73. The van der Waals surface area contributed by atoms with E-state index in [0.717, 1.165) is 5.75 Å². The van der Waals surface area contributed by atoms with E-state index in [1.807, 2.05) is 12.1 Å². The molecule has 110 valence electrons. The number of aryl methyl sites for hydroxylation is 1. The number of carbonyl (C=O) groups is 1. The monoisotopic (exact) mass is 303 g/mol. The first-order chi connectivity index (χ1) is 10.1. The molecule has 0 saturated carbocycles. The number of esters is 1. The minimum Gasteiger partial charge on any atom is -0.462 e. The quantitative estimate of drug-likeness (QED) is 0.520. The summed E-state index contributed by atoms with van der Waals surface area (Å²) in [6.07, 6.45) is 1.42. The van der Waals surface area contributed by atoms with Crippen LogP contribution >= 0.6 is 11.8 Å². The predicted octanol–water partition coefficient (Wildman–Crippen LogP) is 2.84. The number of ether oxygens (including phenoxy) is 1. The Morgan fingerprint density at radius 1 is 1.38 bits per heavy atom. The van der Waals surface area contributed by atoms with Gasteiger partial charge in [0.25, 0.3) is 0 Å². The Labute approximate surface area is 127 Å². The predicted molar refractivity (Wildman–Crippen MR) is 83.1 cm³/mol. The molecule has 21 heavy (non-hydrogen) atoms. The number of nitrogens with two attached hydrogens (primary N) is 1. The van der Waals surface area contributed by atoms with E-state index in [-0.39, 0.29) is 11.4 Å². The first-order valence-electron chi connectivity index (χ1n) is 6.58. The average Bonchev–Trinajstić information content (AvgIpc) is 2.46. The SMILES string of the molecule is CCOC(=O)c1cnc(SCc2ccccc2C)nc1N. The summed E-state index contributed by atoms with van der Waals surface area (Å²) in [7, 11) is 0. The van der Waals surface area contributed by atoms with Gasteiger partial charge in [0.1, 0.15) is 11.4 Å². The van der Waals surface area contributed by atoms with Crippen molar-refractivity contribution in [2.24, 2.45) is 0 Å². The maximum Gasteiger partial charge on any atom is 0.343 e. The number of anilines is 1. The van der Waals surface area contributed by atoms with Crippen LogP contribution in [0.2, 0.25) is 0 Å². The van der Waals surface area contributed by atoms with Crippen LogP contribution in [0.15, 0.2) is 35.6 Å². The van der Waals surface area contributed by atoms with Gasteiger partial charge in [-0.3, -0.25) is 0 Å². The van der Waals surface area contributed by atoms with Crippen molar-refractivity contribution in [3.63, 3.8) is 0 Å². The van der Waals surface area contributed by atoms with Crippen LogP contribution in [0, 0.1) is 6.92 Å². The van der Waals surface area contributed by atoms with E-state index >= 15 is 0 Å². The maximum absolute atomic E-state index is 11.6. The van der Waals surface area contributed by atoms with E-state index in [1.165, 1.54) is 29.1 Å². The number of rotatable bonds is 5. The number of carbonyl (C=O) groups excluding carboxylic acids is 1. The highest BCUT2D eigenvalue weighted by molar-refractivity contribution is 7.98. The Morgan fingerprint density at radius 3 is 2.81 bits per heavy atom. The number of aromatic nitrogens is 2. The number of hydrogen-bond donors (Lipinski definition) is 1. The van der Waals surface area contributed by atoms with Gasteiger partial charge in [-0.15, -0.1) is 0 Å². The van der Waals surface area contributed by atoms with Gasteiger partial charge >= 0.3 is 5.97 Å². The molecule has 0 radical (unpaired) electrons. The van der Waals surface area contributed by atoms with E-state index in [0.29, 0.717) is 11.8 Å². The lowest BCUT2D eigenvalue weighted by atomic mass is 10.1. The zero-order valence-electron chi connectivity index (χ0n) is 12.0. The largest absolute Gasteiger partial charge is 0.462 e. The highest BCUT2D eigenvalue weighted by Crippen LogP contribution is 2.22. The molecule has 0 aliphatic rings. The van der Waals surface area contributed by atoms with Crippen LogP contribution in [0.3, 0.4) is 0 Å². The van der Waals surface area contributed by atoms with Crippen LogP contribution < -0.4 is 5.73 Å². The summed E-state index contributed by atoms with van der Waals surface area (Å²) in [6.45, 7) is 4.10. The molecular formula is C15H17N3O2S. The molecule has 0 fully saturated rings. The zero-order chi connectivity index (χ0) is 15.2. The fourth-order valence-corrected chi connectivity index (χ4v) is 2.63. The Kier molecular flexibility index (Phi) is 5.16. The molecule has 2 aromatic rings. The zero-order valence-corrected chi connectivity index (χ0v) is 12.8. The summed E-state index contributed by atoms with van der Waals surface area (Å²) < 4.78 is 4.89. The average molecular weight is 303 g/mol. The lowest BCUT2D eigenvalue weighted by Crippen LogP contribution is -2.10. The summed E-state index contributed by atoms with van der Waals surface area (Å²) in [6, 6.07) is 8.14. The van der Waals surface area contributed by atoms with E-state index in [4.69, 9.17) is 10.5 Å². The normalized spacial score (nSPS) is 10.4. The Bertz CT molecular complexity index is 647. The molecule has 0 saturated heterocycles. The number of nitrogen functional groups attached to an aromatic ring is 1. The van der Waals surface area contributed by atoms with Crippen LogP contribution in [0.1, 0.15) is 28.4 Å². The second kappa shape index (κ2) is 7.08. The van der Waals surface area contributed by atoms with Crippen molar-refractivity contribution >= 4 is 23.5 Å². The summed E-state index contributed by atoms with van der Waals surface area (Å²) >= 11 is 1.48. The van der Waals surface area contributed by atoms with Crippen LogP contribution in [-0.2, 0) is 10.5 Å². The molecule has 5 nitrogen and oxygen atoms in total. The van der Waals surface area contributed by atoms with Crippen molar-refractivity contribution in [1.82, 2.24) is 9.97 Å². The number of thioether (sulfide) groups is 1. The second-order valence-corrected chi connectivity index (χ2v) is 5.33. The van der Waals surface area contributed by atoms with Crippen molar-refractivity contribution in [1.29, 1.82) is 0 Å². The summed E-state index contributed by atoms with van der Waals surface area (Å²) in [5, 5.41) is 0.545. The third-order valence-electron chi connectivity index (χ3n) is 2.91. The third-order valence-corrected chi connectivity index (χ3v) is 3.82. The van der Waals surface area contributed by atoms with Crippen molar-refractivity contribution in [3.05, 3.63) is 47.2 Å². The van der Waals surface area contributed by atoms with E-state index in [9.17, 15) is 4.79 Å². The molecule has 0 spiro atoms. The molecule has 0 atom stereocenters. The van der Waals surface area contributed by atoms with Crippen molar-refractivity contribution in [2.75, 3.05) is 12.3 Å². The summed E-state index contributed by atoms with van der Waals surface area (Å²) in [4.78, 5) is 19.9. The molecular weight excluding hydrogens is 286 g/mol. The number of hydrogen-bond acceptors (Lipinski definition) is 6. The number of benzene rings is 1. The van der Waals surface area contributed by atoms with Gasteiger partial charge in [0.2, 0.25) is 0 Å². The standard InChI is InChI=1S/C15H17N3O2S/c1-3-20-14(19)12-8-17-15(18-13(12)16)21-9-11-7-5-4-6-10(11)2/h4-8H,3,9H2,1-2H3,(H2,16,17,18). The molecule has 1 aromatic heterocycles. The van der Waals surface area contributed by atoms with Gasteiger partial charge < -0.3 is 10.5 Å². The van der Waals surface area contributed by atoms with Crippen LogP contribution in [0.4, 0.5) is 5.82 Å². The highest BCUT2D eigenvalue weighted by Gasteiger charge is 2.13. The van der Waals surface area contributed by atoms with E-state index in [1.54, 1.807) is 6.92 Å². The molecule has 0 aliphatic heterocycles. The minimum atomic E-state index is -0.495. The minimum absolute atomic E-state index is 0.149. The van der Waals surface area contributed by atoms with Gasteiger partial charge in [-0.2, -0.15) is 0 Å². The lowest BCUT2D eigenvalue weighted by Gasteiger charge is -2.07. The van der Waals surface area contributed by atoms with Crippen molar-refractivity contribution < 1.29 is 9.53 Å². The van der Waals surface area contributed by atoms with Gasteiger partial charge in [-0.25, -0.2) is 14.8 Å². The smallest absolute Gasteiger partial charge is 0.343 e. The second-order valence-electron chi connectivity index (χ2n) is 4.39. The van der Waals surface area contributed by atoms with Gasteiger partial charge in [0.05, 0.1) is 6.61 Å². The van der Waals surface area contributed by atoms with Crippen LogP contribution in [-0.4, -0.2) is 22.5 Å². The van der Waals surface area contributed by atoms with E-state index in [2.05, 4.69) is 29.0 Å². The molecule has 6 heteroatoms. The molecule has 0 bridgehead atoms. The van der Waals surface area contributed by atoms with Gasteiger partial charge in [-0.1, -0.05) is 36.0 Å². The third kappa shape index (κ3) is 3.95. The van der Waals surface area contributed by atoms with Gasteiger partial charge in [0, 0.05) is 11.9 Å². The highest BCUT2D eigenvalue weighted by atomic mass is 32.2. The summed E-state index contributed by atoms with van der Waals surface area (Å²) in [5.41, 5.74) is 8.44. The molecule has 2 rings (SSSR count). The van der Waals surface area contributed by atoms with Crippen LogP contribution in [0.5, 0.6) is 0 Å². The van der Waals surface area contributed by atoms with Crippen LogP contribution in [0.25, 0.3) is 0 Å². The van der Waals surface area contributed by atoms with E-state index < -0.39 is 5.97 Å². The Morgan fingerprint density at radius 2 is 2.14 bits per heavy atom.